The van der Waals surface area contributed by atoms with E-state index in [1.165, 1.54) is 0 Å². The van der Waals surface area contributed by atoms with Crippen LogP contribution in [0.5, 0.6) is 0 Å². The predicted molar refractivity (Wildman–Crippen MR) is 105 cm³/mol. The van der Waals surface area contributed by atoms with E-state index in [-0.39, 0.29) is 10.9 Å². The third kappa shape index (κ3) is 1.69. The fourth-order valence-corrected chi connectivity index (χ4v) is 4.06. The van der Waals surface area contributed by atoms with Crippen molar-refractivity contribution in [2.75, 3.05) is 0 Å². The second-order valence-electron chi connectivity index (χ2n) is 6.38. The molecule has 0 N–H and O–H groups in total. The summed E-state index contributed by atoms with van der Waals surface area (Å²) >= 11 is 0. The molecule has 0 spiro atoms. The minimum absolute atomic E-state index is 0.0208. The standard InChI is InChI=1S/C23H14O2/c1-2-6-16-20-14-8-3-4-9-15(14)22(24)18-12-11-13-7-5-10-17(23(16)25)19(13)21(18)20/h2-12H,1H3/b6-2-. The molecule has 2 nitrogen and oxygen atoms in total. The van der Waals surface area contributed by atoms with Gasteiger partial charge in [-0.05, 0) is 23.8 Å². The second kappa shape index (κ2) is 4.87. The van der Waals surface area contributed by atoms with Gasteiger partial charge >= 0.3 is 0 Å². The number of allylic oxidation sites excluding steroid dienone is 1. The van der Waals surface area contributed by atoms with Crippen LogP contribution in [0.25, 0.3) is 49.5 Å². The van der Waals surface area contributed by atoms with Crippen molar-refractivity contribution in [3.63, 3.8) is 0 Å². The van der Waals surface area contributed by atoms with E-state index in [1.54, 1.807) is 0 Å². The van der Waals surface area contributed by atoms with Gasteiger partial charge in [-0.15, -0.1) is 0 Å². The zero-order valence-corrected chi connectivity index (χ0v) is 13.7. The lowest BCUT2D eigenvalue weighted by Crippen LogP contribution is -2.14. The summed E-state index contributed by atoms with van der Waals surface area (Å²) in [4.78, 5) is 26.2. The maximum Gasteiger partial charge on any atom is 0.194 e. The fourth-order valence-electron chi connectivity index (χ4n) is 4.06. The molecule has 3 aromatic rings. The lowest BCUT2D eigenvalue weighted by molar-refractivity contribution is 1.58. The average Bonchev–Trinajstić information content (AvgIpc) is 2.65. The molecule has 5 rings (SSSR count). The smallest absolute Gasteiger partial charge is 0.194 e. The van der Waals surface area contributed by atoms with E-state index in [4.69, 9.17) is 0 Å². The van der Waals surface area contributed by atoms with Crippen molar-refractivity contribution in [2.45, 2.75) is 6.92 Å². The minimum atomic E-state index is 0.0208. The maximum absolute atomic E-state index is 13.2. The van der Waals surface area contributed by atoms with Crippen LogP contribution in [0.3, 0.4) is 0 Å². The number of benzene rings is 5. The van der Waals surface area contributed by atoms with Crippen molar-refractivity contribution in [2.24, 2.45) is 0 Å². The topological polar surface area (TPSA) is 34.1 Å². The summed E-state index contributed by atoms with van der Waals surface area (Å²) in [5.74, 6) is 0. The molecule has 0 saturated heterocycles. The molecule has 3 aromatic carbocycles. The molecule has 0 radical (unpaired) electrons. The monoisotopic (exact) mass is 322 g/mol. The summed E-state index contributed by atoms with van der Waals surface area (Å²) in [5.41, 5.74) is 2.50. The Morgan fingerprint density at radius 2 is 1.44 bits per heavy atom. The van der Waals surface area contributed by atoms with Crippen LogP contribution >= 0.6 is 0 Å². The van der Waals surface area contributed by atoms with Crippen LogP contribution in [0.4, 0.5) is 0 Å². The summed E-state index contributed by atoms with van der Waals surface area (Å²) < 4.78 is 0. The van der Waals surface area contributed by atoms with E-state index in [1.807, 2.05) is 73.7 Å². The number of rotatable bonds is 1. The van der Waals surface area contributed by atoms with E-state index in [0.29, 0.717) is 21.7 Å². The Hall–Kier alpha value is -3.26. The summed E-state index contributed by atoms with van der Waals surface area (Å²) in [6, 6.07) is 17.2. The van der Waals surface area contributed by atoms with Crippen LogP contribution in [-0.2, 0) is 0 Å². The molecule has 0 bridgehead atoms. The first-order valence-corrected chi connectivity index (χ1v) is 8.34. The average molecular weight is 322 g/mol. The van der Waals surface area contributed by atoms with E-state index < -0.39 is 0 Å². The van der Waals surface area contributed by atoms with Gasteiger partial charge in [-0.3, -0.25) is 9.59 Å². The van der Waals surface area contributed by atoms with Gasteiger partial charge in [-0.25, -0.2) is 0 Å². The van der Waals surface area contributed by atoms with Gasteiger partial charge in [-0.1, -0.05) is 60.7 Å². The van der Waals surface area contributed by atoms with Crippen LogP contribution in [0, 0.1) is 0 Å². The molecule has 118 valence electrons. The molecule has 2 aliphatic carbocycles. The van der Waals surface area contributed by atoms with Gasteiger partial charge in [0.2, 0.25) is 0 Å². The van der Waals surface area contributed by atoms with Crippen LogP contribution in [0.1, 0.15) is 12.5 Å². The van der Waals surface area contributed by atoms with Crippen molar-refractivity contribution in [3.05, 3.63) is 86.7 Å². The highest BCUT2D eigenvalue weighted by Gasteiger charge is 2.24. The van der Waals surface area contributed by atoms with E-state index in [2.05, 4.69) is 0 Å². The molecule has 0 aliphatic heterocycles. The van der Waals surface area contributed by atoms with Gasteiger partial charge in [0.1, 0.15) is 0 Å². The van der Waals surface area contributed by atoms with Gasteiger partial charge < -0.3 is 0 Å². The highest BCUT2D eigenvalue weighted by atomic mass is 16.1. The minimum Gasteiger partial charge on any atom is -0.289 e. The SMILES string of the molecule is C/C=C\c1c2c3ccccc3c(=O)c3ccc4cccc(c1=O)c4c3-2. The molecule has 0 unspecified atom stereocenters. The Morgan fingerprint density at radius 1 is 0.680 bits per heavy atom. The molecule has 0 aromatic heterocycles. The van der Waals surface area contributed by atoms with Gasteiger partial charge in [0.05, 0.1) is 0 Å². The molecule has 2 aliphatic rings. The van der Waals surface area contributed by atoms with Crippen molar-refractivity contribution in [1.82, 2.24) is 0 Å². The first kappa shape index (κ1) is 14.1. The largest absolute Gasteiger partial charge is 0.289 e. The van der Waals surface area contributed by atoms with Crippen LogP contribution < -0.4 is 10.9 Å². The van der Waals surface area contributed by atoms with Gasteiger partial charge in [-0.2, -0.15) is 0 Å². The molecule has 25 heavy (non-hydrogen) atoms. The van der Waals surface area contributed by atoms with E-state index >= 15 is 0 Å². The quantitative estimate of drug-likeness (QED) is 0.325. The number of hydrogen-bond donors (Lipinski definition) is 0. The lowest BCUT2D eigenvalue weighted by Gasteiger charge is -2.19. The highest BCUT2D eigenvalue weighted by Crippen LogP contribution is 2.42. The molecule has 0 heterocycles. The molecule has 2 heteroatoms. The van der Waals surface area contributed by atoms with Crippen molar-refractivity contribution < 1.29 is 0 Å². The number of hydrogen-bond acceptors (Lipinski definition) is 2. The van der Waals surface area contributed by atoms with Gasteiger partial charge in [0.15, 0.2) is 10.9 Å². The third-order valence-electron chi connectivity index (χ3n) is 5.07. The zero-order valence-electron chi connectivity index (χ0n) is 13.7. The van der Waals surface area contributed by atoms with Crippen LogP contribution in [0.2, 0.25) is 0 Å². The Bertz CT molecular complexity index is 1380. The van der Waals surface area contributed by atoms with E-state index in [9.17, 15) is 9.59 Å². The maximum atomic E-state index is 13.2. The summed E-state index contributed by atoms with van der Waals surface area (Å²) in [6.07, 6.45) is 3.75. The van der Waals surface area contributed by atoms with Crippen molar-refractivity contribution in [3.8, 4) is 11.1 Å². The third-order valence-corrected chi connectivity index (χ3v) is 5.07. The molecular weight excluding hydrogens is 308 g/mol. The van der Waals surface area contributed by atoms with Crippen molar-refractivity contribution in [1.29, 1.82) is 0 Å². The molecule has 0 atom stereocenters. The van der Waals surface area contributed by atoms with Gasteiger partial charge in [0, 0.05) is 38.2 Å². The Kier molecular flexibility index (Phi) is 2.75. The lowest BCUT2D eigenvalue weighted by atomic mass is 9.82. The normalized spacial score (nSPS) is 12.4. The molecule has 0 fully saturated rings. The molecular formula is C23H14O2. The highest BCUT2D eigenvalue weighted by molar-refractivity contribution is 6.22. The van der Waals surface area contributed by atoms with E-state index in [0.717, 1.165) is 27.3 Å². The Balaban J connectivity index is 2.29. The predicted octanol–water partition coefficient (Wildman–Crippen LogP) is 4.88. The Morgan fingerprint density at radius 3 is 2.24 bits per heavy atom. The molecule has 0 saturated carbocycles. The first-order chi connectivity index (χ1) is 12.2. The summed E-state index contributed by atoms with van der Waals surface area (Å²) in [5, 5.41) is 4.77. The van der Waals surface area contributed by atoms with Crippen LogP contribution in [0.15, 0.2) is 70.3 Å². The summed E-state index contributed by atoms with van der Waals surface area (Å²) in [6.45, 7) is 1.91. The second-order valence-corrected chi connectivity index (χ2v) is 6.38. The fraction of sp³-hybridized carbons (Fsp3) is 0.0435. The van der Waals surface area contributed by atoms with Crippen molar-refractivity contribution >= 4 is 38.4 Å². The van der Waals surface area contributed by atoms with Crippen LogP contribution in [-0.4, -0.2) is 0 Å². The van der Waals surface area contributed by atoms with Gasteiger partial charge in [0.25, 0.3) is 0 Å². The zero-order chi connectivity index (χ0) is 17.1. The first-order valence-electron chi connectivity index (χ1n) is 8.34. The Labute approximate surface area is 143 Å². The molecule has 0 amide bonds. The summed E-state index contributed by atoms with van der Waals surface area (Å²) in [7, 11) is 0. The number of fused-ring (bicyclic) bond motifs is 2.